The number of aromatic amines is 1. The van der Waals surface area contributed by atoms with Crippen LogP contribution in [0.15, 0.2) is 18.2 Å². The second kappa shape index (κ2) is 6.69. The van der Waals surface area contributed by atoms with Crippen LogP contribution in [0.5, 0.6) is 5.75 Å². The van der Waals surface area contributed by atoms with Crippen molar-refractivity contribution in [2.24, 2.45) is 0 Å². The van der Waals surface area contributed by atoms with Crippen LogP contribution in [0.2, 0.25) is 0 Å². The van der Waals surface area contributed by atoms with Gasteiger partial charge in [0.2, 0.25) is 0 Å². The number of methoxy groups -OCH3 is 1. The number of nitrogens with one attached hydrogen (secondary N) is 1. The van der Waals surface area contributed by atoms with Crippen molar-refractivity contribution in [1.82, 2.24) is 19.7 Å². The van der Waals surface area contributed by atoms with Crippen molar-refractivity contribution < 1.29 is 9.53 Å². The molecule has 2 aliphatic rings. The Bertz CT molecular complexity index is 1060. The highest BCUT2D eigenvalue weighted by atomic mass is 16.5. The number of carbonyl (C=O) groups is 1. The second-order valence-electron chi connectivity index (χ2n) is 7.77. The molecule has 0 fully saturated rings. The monoisotopic (exact) mass is 378 g/mol. The van der Waals surface area contributed by atoms with Crippen LogP contribution in [-0.4, -0.2) is 39.2 Å². The Labute approximate surface area is 164 Å². The average molecular weight is 378 g/mol. The molecule has 0 unspecified atom stereocenters. The third-order valence-electron chi connectivity index (χ3n) is 6.20. The lowest BCUT2D eigenvalue weighted by Gasteiger charge is -2.28. The lowest BCUT2D eigenvalue weighted by atomic mass is 9.95. The summed E-state index contributed by atoms with van der Waals surface area (Å²) < 4.78 is 7.33. The van der Waals surface area contributed by atoms with E-state index in [1.807, 2.05) is 15.6 Å². The van der Waals surface area contributed by atoms with Gasteiger partial charge < -0.3 is 14.6 Å². The summed E-state index contributed by atoms with van der Waals surface area (Å²) in [6, 6.07) is 6.09. The zero-order valence-corrected chi connectivity index (χ0v) is 16.5. The molecule has 0 bridgehead atoms. The fourth-order valence-corrected chi connectivity index (χ4v) is 4.72. The molecule has 0 atom stereocenters. The Morgan fingerprint density at radius 2 is 2.07 bits per heavy atom. The first-order valence-corrected chi connectivity index (χ1v) is 10.2. The molecule has 1 N–H and O–H groups in total. The van der Waals surface area contributed by atoms with E-state index in [-0.39, 0.29) is 5.91 Å². The highest BCUT2D eigenvalue weighted by Gasteiger charge is 2.31. The molecule has 3 aromatic rings. The molecule has 2 aromatic heterocycles. The third-order valence-corrected chi connectivity index (χ3v) is 6.20. The molecule has 0 saturated carbocycles. The van der Waals surface area contributed by atoms with Gasteiger partial charge in [-0.2, -0.15) is 5.10 Å². The molecule has 0 spiro atoms. The van der Waals surface area contributed by atoms with Crippen LogP contribution < -0.4 is 4.74 Å². The standard InChI is InChI=1S/C22H26N4O2/c1-3-26-21(15-6-4-5-7-20(15)24-26)22(27)25-11-10-19-17(13-25)16-12-14(28-2)8-9-18(16)23-19/h8-9,12,23H,3-7,10-11,13H2,1-2H3. The molecule has 1 amide bonds. The van der Waals surface area contributed by atoms with E-state index in [0.29, 0.717) is 6.54 Å². The largest absolute Gasteiger partial charge is 0.497 e. The zero-order chi connectivity index (χ0) is 19.3. The molecule has 0 saturated heterocycles. The molecule has 28 heavy (non-hydrogen) atoms. The number of hydrogen-bond donors (Lipinski definition) is 1. The first-order valence-electron chi connectivity index (χ1n) is 10.2. The van der Waals surface area contributed by atoms with Gasteiger partial charge in [-0.15, -0.1) is 0 Å². The average Bonchev–Trinajstić information content (AvgIpc) is 3.30. The number of aromatic nitrogens is 3. The van der Waals surface area contributed by atoms with Crippen LogP contribution in [0.3, 0.4) is 0 Å². The van der Waals surface area contributed by atoms with Gasteiger partial charge in [-0.3, -0.25) is 9.48 Å². The minimum absolute atomic E-state index is 0.125. The van der Waals surface area contributed by atoms with Crippen LogP contribution in [0.25, 0.3) is 10.9 Å². The normalized spacial score (nSPS) is 16.1. The third kappa shape index (κ3) is 2.62. The molecule has 5 rings (SSSR count). The van der Waals surface area contributed by atoms with Gasteiger partial charge in [-0.05, 0) is 50.8 Å². The number of amides is 1. The maximum atomic E-state index is 13.5. The molecule has 1 aliphatic carbocycles. The minimum atomic E-state index is 0.125. The summed E-state index contributed by atoms with van der Waals surface area (Å²) in [5.41, 5.74) is 6.69. The highest BCUT2D eigenvalue weighted by molar-refractivity contribution is 5.95. The van der Waals surface area contributed by atoms with E-state index in [2.05, 4.69) is 24.0 Å². The van der Waals surface area contributed by atoms with E-state index in [1.165, 1.54) is 23.2 Å². The Kier molecular flexibility index (Phi) is 4.14. The predicted molar refractivity (Wildman–Crippen MR) is 108 cm³/mol. The molecular formula is C22H26N4O2. The SMILES string of the molecule is CCn1nc2c(c1C(=O)N1CCc3[nH]c4ccc(OC)cc4c3C1)CCCC2. The Morgan fingerprint density at radius 1 is 1.21 bits per heavy atom. The first kappa shape index (κ1) is 17.3. The maximum absolute atomic E-state index is 13.5. The van der Waals surface area contributed by atoms with Gasteiger partial charge in [0.15, 0.2) is 0 Å². The van der Waals surface area contributed by atoms with Crippen LogP contribution in [0.4, 0.5) is 0 Å². The van der Waals surface area contributed by atoms with Gasteiger partial charge in [0, 0.05) is 53.8 Å². The van der Waals surface area contributed by atoms with Crippen molar-refractivity contribution in [2.45, 2.75) is 52.1 Å². The van der Waals surface area contributed by atoms with Gasteiger partial charge in [-0.1, -0.05) is 0 Å². The first-order chi connectivity index (χ1) is 13.7. The Morgan fingerprint density at radius 3 is 2.89 bits per heavy atom. The number of aryl methyl sites for hydroxylation is 2. The number of nitrogens with zero attached hydrogens (tertiary/aromatic N) is 3. The maximum Gasteiger partial charge on any atom is 0.272 e. The predicted octanol–water partition coefficient (Wildman–Crippen LogP) is 3.47. The number of ether oxygens (including phenoxy) is 1. The summed E-state index contributed by atoms with van der Waals surface area (Å²) in [6.45, 7) is 4.16. The quantitative estimate of drug-likeness (QED) is 0.759. The molecule has 6 heteroatoms. The molecule has 146 valence electrons. The van der Waals surface area contributed by atoms with E-state index >= 15 is 0 Å². The van der Waals surface area contributed by atoms with E-state index in [1.54, 1.807) is 7.11 Å². The molecule has 1 aromatic carbocycles. The van der Waals surface area contributed by atoms with Gasteiger partial charge in [0.25, 0.3) is 5.91 Å². The number of rotatable bonds is 3. The van der Waals surface area contributed by atoms with Crippen molar-refractivity contribution in [3.8, 4) is 5.75 Å². The fraction of sp³-hybridized carbons (Fsp3) is 0.455. The van der Waals surface area contributed by atoms with Gasteiger partial charge in [0.05, 0.1) is 12.8 Å². The summed E-state index contributed by atoms with van der Waals surface area (Å²) in [5.74, 6) is 0.969. The van der Waals surface area contributed by atoms with Gasteiger partial charge in [0.1, 0.15) is 11.4 Å². The van der Waals surface area contributed by atoms with Crippen molar-refractivity contribution >= 4 is 16.8 Å². The molecule has 0 radical (unpaired) electrons. The summed E-state index contributed by atoms with van der Waals surface area (Å²) in [6.07, 6.45) is 5.13. The number of hydrogen-bond acceptors (Lipinski definition) is 3. The van der Waals surface area contributed by atoms with E-state index < -0.39 is 0 Å². The van der Waals surface area contributed by atoms with E-state index in [9.17, 15) is 4.79 Å². The van der Waals surface area contributed by atoms with Crippen LogP contribution in [0, 0.1) is 0 Å². The lowest BCUT2D eigenvalue weighted by Crippen LogP contribution is -2.37. The summed E-state index contributed by atoms with van der Waals surface area (Å²) in [5, 5.41) is 5.89. The van der Waals surface area contributed by atoms with Crippen molar-refractivity contribution in [1.29, 1.82) is 0 Å². The fourth-order valence-electron chi connectivity index (χ4n) is 4.72. The summed E-state index contributed by atoms with van der Waals surface area (Å²) in [4.78, 5) is 19.0. The molecular weight excluding hydrogens is 352 g/mol. The number of fused-ring (bicyclic) bond motifs is 4. The van der Waals surface area contributed by atoms with Crippen molar-refractivity contribution in [3.63, 3.8) is 0 Å². The van der Waals surface area contributed by atoms with E-state index in [0.717, 1.165) is 66.8 Å². The molecule has 1 aliphatic heterocycles. The smallest absolute Gasteiger partial charge is 0.272 e. The zero-order valence-electron chi connectivity index (χ0n) is 16.5. The second-order valence-corrected chi connectivity index (χ2v) is 7.77. The lowest BCUT2D eigenvalue weighted by molar-refractivity contribution is 0.0721. The number of H-pyrrole nitrogens is 1. The Balaban J connectivity index is 1.51. The van der Waals surface area contributed by atoms with Gasteiger partial charge in [-0.25, -0.2) is 0 Å². The van der Waals surface area contributed by atoms with Crippen molar-refractivity contribution in [3.05, 3.63) is 46.4 Å². The molecule has 3 heterocycles. The number of carbonyl (C=O) groups excluding carboxylic acids is 1. The Hall–Kier alpha value is -2.76. The summed E-state index contributed by atoms with van der Waals surface area (Å²) >= 11 is 0. The van der Waals surface area contributed by atoms with Crippen LogP contribution >= 0.6 is 0 Å². The van der Waals surface area contributed by atoms with Crippen LogP contribution in [-0.2, 0) is 32.4 Å². The topological polar surface area (TPSA) is 63.2 Å². The number of benzene rings is 1. The highest BCUT2D eigenvalue weighted by Crippen LogP contribution is 2.32. The summed E-state index contributed by atoms with van der Waals surface area (Å²) in [7, 11) is 1.69. The van der Waals surface area contributed by atoms with Crippen LogP contribution in [0.1, 0.15) is 52.8 Å². The minimum Gasteiger partial charge on any atom is -0.497 e. The van der Waals surface area contributed by atoms with Gasteiger partial charge >= 0.3 is 0 Å². The van der Waals surface area contributed by atoms with E-state index in [4.69, 9.17) is 9.84 Å². The van der Waals surface area contributed by atoms with Crippen molar-refractivity contribution in [2.75, 3.05) is 13.7 Å². The molecule has 6 nitrogen and oxygen atoms in total.